The van der Waals surface area contributed by atoms with E-state index >= 15 is 0 Å². The van der Waals surface area contributed by atoms with Gasteiger partial charge in [-0.2, -0.15) is 0 Å². The van der Waals surface area contributed by atoms with Crippen LogP contribution in [0.15, 0.2) is 21.9 Å². The van der Waals surface area contributed by atoms with Gasteiger partial charge < -0.3 is 14.5 Å². The molecule has 0 bridgehead atoms. The lowest BCUT2D eigenvalue weighted by atomic mass is 10.4. The molecule has 0 aromatic carbocycles. The topological polar surface area (TPSA) is 47.3 Å². The van der Waals surface area contributed by atoms with Crippen LogP contribution in [-0.4, -0.2) is 25.2 Å². The van der Waals surface area contributed by atoms with Crippen LogP contribution in [0, 0.1) is 6.92 Å². The first-order valence-corrected chi connectivity index (χ1v) is 5.92. The Labute approximate surface area is 98.3 Å². The Hall–Kier alpha value is -1.33. The fraction of sp³-hybridized carbons (Fsp3) is 0.364. The summed E-state index contributed by atoms with van der Waals surface area (Å²) < 4.78 is 10.5. The zero-order chi connectivity index (χ0) is 11.4. The molecule has 0 saturated carbocycles. The third-order valence-electron chi connectivity index (χ3n) is 2.08. The van der Waals surface area contributed by atoms with Gasteiger partial charge in [-0.15, -0.1) is 11.3 Å². The molecule has 2 rings (SSSR count). The number of rotatable bonds is 5. The van der Waals surface area contributed by atoms with Crippen molar-refractivity contribution in [1.29, 1.82) is 0 Å². The van der Waals surface area contributed by atoms with Crippen molar-refractivity contribution < 1.29 is 9.15 Å². The summed E-state index contributed by atoms with van der Waals surface area (Å²) in [5.41, 5.74) is 0.873. The number of furan rings is 1. The monoisotopic (exact) mass is 238 g/mol. The van der Waals surface area contributed by atoms with Crippen LogP contribution in [0.3, 0.4) is 0 Å². The first-order chi connectivity index (χ1) is 7.79. The van der Waals surface area contributed by atoms with Gasteiger partial charge >= 0.3 is 0 Å². The van der Waals surface area contributed by atoms with Crippen LogP contribution in [0.5, 0.6) is 0 Å². The molecule has 0 fully saturated rings. The summed E-state index contributed by atoms with van der Waals surface area (Å²) >= 11 is 1.57. The maximum Gasteiger partial charge on any atom is 0.183 e. The molecule has 1 N–H and O–H groups in total. The Bertz CT molecular complexity index is 450. The van der Waals surface area contributed by atoms with E-state index < -0.39 is 0 Å². The Morgan fingerprint density at radius 1 is 1.50 bits per heavy atom. The summed E-state index contributed by atoms with van der Waals surface area (Å²) in [6, 6.07) is 3.87. The van der Waals surface area contributed by atoms with E-state index in [4.69, 9.17) is 9.15 Å². The number of hydrogen-bond donors (Lipinski definition) is 1. The van der Waals surface area contributed by atoms with Gasteiger partial charge in [0.1, 0.15) is 11.5 Å². The highest BCUT2D eigenvalue weighted by Crippen LogP contribution is 2.26. The second-order valence-corrected chi connectivity index (χ2v) is 4.23. The summed E-state index contributed by atoms with van der Waals surface area (Å²) in [4.78, 5) is 4.42. The molecule has 0 aliphatic heterocycles. The van der Waals surface area contributed by atoms with Crippen LogP contribution < -0.4 is 5.32 Å². The first kappa shape index (κ1) is 11.2. The van der Waals surface area contributed by atoms with Crippen molar-refractivity contribution in [2.24, 2.45) is 0 Å². The number of thiazole rings is 1. The van der Waals surface area contributed by atoms with Gasteiger partial charge in [-0.1, -0.05) is 0 Å². The van der Waals surface area contributed by atoms with Crippen LogP contribution in [0.4, 0.5) is 5.13 Å². The number of anilines is 1. The van der Waals surface area contributed by atoms with Gasteiger partial charge in [-0.25, -0.2) is 4.98 Å². The summed E-state index contributed by atoms with van der Waals surface area (Å²) in [7, 11) is 1.68. The molecule has 2 aromatic heterocycles. The average Bonchev–Trinajstić information content (AvgIpc) is 2.87. The number of nitrogens with zero attached hydrogens (tertiary/aromatic N) is 1. The molecule has 2 heterocycles. The Balaban J connectivity index is 2.02. The van der Waals surface area contributed by atoms with Crippen LogP contribution in [0.2, 0.25) is 0 Å². The van der Waals surface area contributed by atoms with Gasteiger partial charge in [0.15, 0.2) is 10.9 Å². The normalized spacial score (nSPS) is 10.6. The third-order valence-corrected chi connectivity index (χ3v) is 2.88. The second-order valence-electron chi connectivity index (χ2n) is 3.37. The molecule has 0 amide bonds. The van der Waals surface area contributed by atoms with Gasteiger partial charge in [0.05, 0.1) is 6.61 Å². The van der Waals surface area contributed by atoms with Crippen molar-refractivity contribution in [3.8, 4) is 11.5 Å². The van der Waals surface area contributed by atoms with Crippen molar-refractivity contribution in [2.75, 3.05) is 25.6 Å². The number of nitrogens with one attached hydrogen (secondary N) is 1. The highest BCUT2D eigenvalue weighted by molar-refractivity contribution is 7.14. The van der Waals surface area contributed by atoms with E-state index in [0.29, 0.717) is 6.61 Å². The first-order valence-electron chi connectivity index (χ1n) is 5.05. The molecule has 0 saturated heterocycles. The fourth-order valence-corrected chi connectivity index (χ4v) is 2.03. The van der Waals surface area contributed by atoms with Crippen molar-refractivity contribution in [3.05, 3.63) is 23.3 Å². The van der Waals surface area contributed by atoms with E-state index in [1.807, 2.05) is 24.4 Å². The molecule has 86 valence electrons. The molecule has 16 heavy (non-hydrogen) atoms. The largest absolute Gasteiger partial charge is 0.460 e. The Morgan fingerprint density at radius 3 is 3.06 bits per heavy atom. The lowest BCUT2D eigenvalue weighted by Crippen LogP contribution is -2.06. The molecule has 0 atom stereocenters. The molecule has 0 aliphatic carbocycles. The minimum absolute atomic E-state index is 0.675. The maximum atomic E-state index is 5.50. The van der Waals surface area contributed by atoms with Gasteiger partial charge in [-0.05, 0) is 19.1 Å². The fourth-order valence-electron chi connectivity index (χ4n) is 1.30. The minimum Gasteiger partial charge on any atom is -0.460 e. The average molecular weight is 238 g/mol. The van der Waals surface area contributed by atoms with Gasteiger partial charge in [0, 0.05) is 19.0 Å². The lowest BCUT2D eigenvalue weighted by molar-refractivity contribution is 0.211. The van der Waals surface area contributed by atoms with Crippen LogP contribution in [-0.2, 0) is 4.74 Å². The van der Waals surface area contributed by atoms with Crippen LogP contribution in [0.1, 0.15) is 5.76 Å². The quantitative estimate of drug-likeness (QED) is 0.814. The lowest BCUT2D eigenvalue weighted by Gasteiger charge is -1.99. The zero-order valence-electron chi connectivity index (χ0n) is 9.32. The number of aromatic nitrogens is 1. The molecule has 0 spiro atoms. The molecular weight excluding hydrogens is 224 g/mol. The number of ether oxygens (including phenoxy) is 1. The van der Waals surface area contributed by atoms with Crippen molar-refractivity contribution >= 4 is 16.5 Å². The molecule has 0 radical (unpaired) electrons. The van der Waals surface area contributed by atoms with Gasteiger partial charge in [0.2, 0.25) is 0 Å². The second kappa shape index (κ2) is 5.14. The minimum atomic E-state index is 0.675. The number of methoxy groups -OCH3 is 1. The van der Waals surface area contributed by atoms with E-state index in [2.05, 4.69) is 10.3 Å². The summed E-state index contributed by atoms with van der Waals surface area (Å²) in [6.07, 6.45) is 0. The third kappa shape index (κ3) is 2.62. The van der Waals surface area contributed by atoms with Crippen molar-refractivity contribution in [1.82, 2.24) is 4.98 Å². The van der Waals surface area contributed by atoms with Gasteiger partial charge in [-0.3, -0.25) is 0 Å². The van der Waals surface area contributed by atoms with E-state index in [1.54, 1.807) is 18.4 Å². The summed E-state index contributed by atoms with van der Waals surface area (Å²) in [6.45, 7) is 3.36. The van der Waals surface area contributed by atoms with Gasteiger partial charge in [0.25, 0.3) is 0 Å². The van der Waals surface area contributed by atoms with Crippen molar-refractivity contribution in [2.45, 2.75) is 6.92 Å². The van der Waals surface area contributed by atoms with Crippen molar-refractivity contribution in [3.63, 3.8) is 0 Å². The zero-order valence-corrected chi connectivity index (χ0v) is 10.1. The molecular formula is C11H14N2O2S. The van der Waals surface area contributed by atoms with E-state index in [0.717, 1.165) is 28.9 Å². The van der Waals surface area contributed by atoms with Crippen LogP contribution >= 0.6 is 11.3 Å². The van der Waals surface area contributed by atoms with E-state index in [1.165, 1.54) is 0 Å². The van der Waals surface area contributed by atoms with Crippen LogP contribution in [0.25, 0.3) is 11.5 Å². The molecule has 0 aliphatic rings. The molecule has 5 heteroatoms. The summed E-state index contributed by atoms with van der Waals surface area (Å²) in [5.74, 6) is 1.71. The molecule has 2 aromatic rings. The SMILES string of the molecule is COCCNc1nc(-c2ccc(C)o2)cs1. The van der Waals surface area contributed by atoms with E-state index in [-0.39, 0.29) is 0 Å². The number of hydrogen-bond acceptors (Lipinski definition) is 5. The standard InChI is InChI=1S/C11H14N2O2S/c1-8-3-4-10(15-8)9-7-16-11(13-9)12-5-6-14-2/h3-4,7H,5-6H2,1-2H3,(H,12,13). The smallest absolute Gasteiger partial charge is 0.183 e. The highest BCUT2D eigenvalue weighted by atomic mass is 32.1. The summed E-state index contributed by atoms with van der Waals surface area (Å²) in [5, 5.41) is 6.05. The maximum absolute atomic E-state index is 5.50. The highest BCUT2D eigenvalue weighted by Gasteiger charge is 2.07. The predicted octanol–water partition coefficient (Wildman–Crippen LogP) is 2.77. The predicted molar refractivity (Wildman–Crippen MR) is 64.9 cm³/mol. The Morgan fingerprint density at radius 2 is 2.38 bits per heavy atom. The Kier molecular flexibility index (Phi) is 3.58. The molecule has 4 nitrogen and oxygen atoms in total. The molecule has 0 unspecified atom stereocenters. The number of aryl methyl sites for hydroxylation is 1. The van der Waals surface area contributed by atoms with E-state index in [9.17, 15) is 0 Å².